The van der Waals surface area contributed by atoms with Gasteiger partial charge in [-0.2, -0.15) is 5.10 Å². The van der Waals surface area contributed by atoms with Gasteiger partial charge < -0.3 is 9.88 Å². The van der Waals surface area contributed by atoms with Crippen molar-refractivity contribution in [3.8, 4) is 11.3 Å². The summed E-state index contributed by atoms with van der Waals surface area (Å²) < 4.78 is 1.73. The topological polar surface area (TPSA) is 66.8 Å². The van der Waals surface area contributed by atoms with Crippen molar-refractivity contribution in [2.75, 3.05) is 6.54 Å². The van der Waals surface area contributed by atoms with Crippen LogP contribution in [0.1, 0.15) is 36.7 Å². The molecule has 0 unspecified atom stereocenters. The van der Waals surface area contributed by atoms with Crippen LogP contribution in [0.15, 0.2) is 48.9 Å². The highest BCUT2D eigenvalue weighted by Gasteiger charge is 2.30. The summed E-state index contributed by atoms with van der Waals surface area (Å²) in [7, 11) is 1.87. The van der Waals surface area contributed by atoms with Crippen molar-refractivity contribution < 1.29 is 4.79 Å². The Morgan fingerprint density at radius 1 is 1.23 bits per heavy atom. The number of piperidine rings is 1. The van der Waals surface area contributed by atoms with Crippen LogP contribution >= 0.6 is 0 Å². The van der Waals surface area contributed by atoms with Crippen LogP contribution in [-0.2, 0) is 18.3 Å². The van der Waals surface area contributed by atoms with E-state index in [1.165, 1.54) is 0 Å². The van der Waals surface area contributed by atoms with Crippen LogP contribution in [0.3, 0.4) is 0 Å². The number of carbonyl (C=O) groups is 1. The summed E-state index contributed by atoms with van der Waals surface area (Å²) in [6, 6.07) is 10.2. The summed E-state index contributed by atoms with van der Waals surface area (Å²) in [6.07, 6.45) is 9.01. The van der Waals surface area contributed by atoms with Crippen molar-refractivity contribution >= 4 is 5.91 Å². The standard InChI is InChI=1S/C20H23N5O/c1-24-14-15(12-22-24)11-19(26)25-10-6-5-9-18(25)20-21-13-17(23-20)16-7-3-2-4-8-16/h2-4,7-8,12-14,18H,5-6,9-11H2,1H3,(H,21,23)/t18-/m1/s1. The largest absolute Gasteiger partial charge is 0.340 e. The number of hydrogen-bond donors (Lipinski definition) is 1. The Balaban J connectivity index is 1.54. The Morgan fingerprint density at radius 3 is 2.85 bits per heavy atom. The summed E-state index contributed by atoms with van der Waals surface area (Å²) in [5.41, 5.74) is 3.05. The predicted molar refractivity (Wildman–Crippen MR) is 99.2 cm³/mol. The van der Waals surface area contributed by atoms with E-state index in [9.17, 15) is 4.79 Å². The molecule has 0 spiro atoms. The van der Waals surface area contributed by atoms with E-state index in [-0.39, 0.29) is 11.9 Å². The minimum absolute atomic E-state index is 0.0189. The van der Waals surface area contributed by atoms with Crippen LogP contribution in [0, 0.1) is 0 Å². The number of benzene rings is 1. The van der Waals surface area contributed by atoms with Gasteiger partial charge in [-0.3, -0.25) is 9.48 Å². The number of H-pyrrole nitrogens is 1. The smallest absolute Gasteiger partial charge is 0.227 e. The fourth-order valence-corrected chi connectivity index (χ4v) is 3.62. The molecule has 4 rings (SSSR count). The second-order valence-electron chi connectivity index (χ2n) is 6.85. The van der Waals surface area contributed by atoms with E-state index in [0.717, 1.165) is 48.5 Å². The van der Waals surface area contributed by atoms with Gasteiger partial charge in [0.05, 0.1) is 30.6 Å². The number of nitrogens with one attached hydrogen (secondary N) is 1. The molecule has 1 aromatic carbocycles. The minimum atomic E-state index is 0.0189. The summed E-state index contributed by atoms with van der Waals surface area (Å²) in [6.45, 7) is 0.783. The maximum absolute atomic E-state index is 12.9. The molecule has 6 heteroatoms. The van der Waals surface area contributed by atoms with Gasteiger partial charge in [0, 0.05) is 19.8 Å². The fraction of sp³-hybridized carbons (Fsp3) is 0.350. The second kappa shape index (κ2) is 7.15. The third-order valence-electron chi connectivity index (χ3n) is 4.93. The molecule has 3 heterocycles. The molecule has 0 radical (unpaired) electrons. The van der Waals surface area contributed by atoms with E-state index in [0.29, 0.717) is 6.42 Å². The zero-order valence-electron chi connectivity index (χ0n) is 14.9. The van der Waals surface area contributed by atoms with Crippen LogP contribution in [0.2, 0.25) is 0 Å². The number of rotatable bonds is 4. The molecule has 6 nitrogen and oxygen atoms in total. The maximum Gasteiger partial charge on any atom is 0.227 e. The number of hydrogen-bond acceptors (Lipinski definition) is 3. The minimum Gasteiger partial charge on any atom is -0.340 e. The normalized spacial score (nSPS) is 17.4. The highest BCUT2D eigenvalue weighted by atomic mass is 16.2. The lowest BCUT2D eigenvalue weighted by molar-refractivity contribution is -0.134. The molecule has 0 saturated carbocycles. The van der Waals surface area contributed by atoms with Gasteiger partial charge in [0.1, 0.15) is 5.82 Å². The molecule has 0 aliphatic carbocycles. The molecule has 1 aliphatic rings. The summed E-state index contributed by atoms with van der Waals surface area (Å²) >= 11 is 0. The number of aryl methyl sites for hydroxylation is 1. The zero-order valence-corrected chi connectivity index (χ0v) is 14.9. The third-order valence-corrected chi connectivity index (χ3v) is 4.93. The van der Waals surface area contributed by atoms with Crippen LogP contribution in [0.4, 0.5) is 0 Å². The van der Waals surface area contributed by atoms with Crippen molar-refractivity contribution in [2.24, 2.45) is 7.05 Å². The van der Waals surface area contributed by atoms with E-state index in [2.05, 4.69) is 27.2 Å². The molecular formula is C20H23N5O. The zero-order chi connectivity index (χ0) is 17.9. The molecule has 1 aliphatic heterocycles. The van der Waals surface area contributed by atoms with Gasteiger partial charge in [-0.15, -0.1) is 0 Å². The Hall–Kier alpha value is -2.89. The van der Waals surface area contributed by atoms with Gasteiger partial charge in [0.2, 0.25) is 5.91 Å². The van der Waals surface area contributed by atoms with Crippen LogP contribution in [0.25, 0.3) is 11.3 Å². The maximum atomic E-state index is 12.9. The SMILES string of the molecule is Cn1cc(CC(=O)N2CCCC[C@@H]2c2ncc(-c3ccccc3)[nH]2)cn1. The number of aromatic amines is 1. The monoisotopic (exact) mass is 349 g/mol. The first-order valence-electron chi connectivity index (χ1n) is 9.08. The molecule has 0 bridgehead atoms. The van der Waals surface area contributed by atoms with Crippen molar-refractivity contribution in [2.45, 2.75) is 31.7 Å². The number of carbonyl (C=O) groups excluding carboxylic acids is 1. The average Bonchev–Trinajstić information content (AvgIpc) is 3.32. The van der Waals surface area contributed by atoms with Gasteiger partial charge in [-0.1, -0.05) is 30.3 Å². The van der Waals surface area contributed by atoms with Crippen molar-refractivity contribution in [1.29, 1.82) is 0 Å². The Labute approximate surface area is 152 Å². The summed E-state index contributed by atoms with van der Waals surface area (Å²) in [5, 5.41) is 4.16. The number of imidazole rings is 1. The molecule has 3 aromatic rings. The lowest BCUT2D eigenvalue weighted by atomic mass is 10.0. The molecular weight excluding hydrogens is 326 g/mol. The highest BCUT2D eigenvalue weighted by Crippen LogP contribution is 2.31. The lowest BCUT2D eigenvalue weighted by Crippen LogP contribution is -2.39. The molecule has 1 atom stereocenters. The first kappa shape index (κ1) is 16.6. The average molecular weight is 349 g/mol. The van der Waals surface area contributed by atoms with E-state index in [1.54, 1.807) is 10.9 Å². The van der Waals surface area contributed by atoms with Crippen LogP contribution in [0.5, 0.6) is 0 Å². The van der Waals surface area contributed by atoms with E-state index < -0.39 is 0 Å². The highest BCUT2D eigenvalue weighted by molar-refractivity contribution is 5.79. The van der Waals surface area contributed by atoms with E-state index in [4.69, 9.17) is 0 Å². The van der Waals surface area contributed by atoms with Gasteiger partial charge in [-0.05, 0) is 30.4 Å². The fourth-order valence-electron chi connectivity index (χ4n) is 3.62. The van der Waals surface area contributed by atoms with Crippen molar-refractivity contribution in [3.05, 3.63) is 60.3 Å². The van der Waals surface area contributed by atoms with Gasteiger partial charge in [0.25, 0.3) is 0 Å². The quantitative estimate of drug-likeness (QED) is 0.787. The van der Waals surface area contributed by atoms with Crippen LogP contribution in [-0.4, -0.2) is 37.1 Å². The number of aromatic nitrogens is 4. The molecule has 2 aromatic heterocycles. The van der Waals surface area contributed by atoms with Crippen molar-refractivity contribution in [1.82, 2.24) is 24.6 Å². The summed E-state index contributed by atoms with van der Waals surface area (Å²) in [5.74, 6) is 1.02. The molecule has 1 fully saturated rings. The Bertz CT molecular complexity index is 883. The van der Waals surface area contributed by atoms with E-state index in [1.807, 2.05) is 42.5 Å². The Morgan fingerprint density at radius 2 is 2.08 bits per heavy atom. The Kier molecular flexibility index (Phi) is 4.56. The lowest BCUT2D eigenvalue weighted by Gasteiger charge is -2.34. The second-order valence-corrected chi connectivity index (χ2v) is 6.85. The van der Waals surface area contributed by atoms with Gasteiger partial charge in [-0.25, -0.2) is 4.98 Å². The third kappa shape index (κ3) is 3.40. The van der Waals surface area contributed by atoms with Crippen LogP contribution < -0.4 is 0 Å². The number of nitrogens with zero attached hydrogens (tertiary/aromatic N) is 4. The number of likely N-dealkylation sites (tertiary alicyclic amines) is 1. The van der Waals surface area contributed by atoms with Gasteiger partial charge in [0.15, 0.2) is 0 Å². The molecule has 134 valence electrons. The molecule has 1 saturated heterocycles. The first-order valence-corrected chi connectivity index (χ1v) is 9.08. The van der Waals surface area contributed by atoms with Gasteiger partial charge >= 0.3 is 0 Å². The van der Waals surface area contributed by atoms with Crippen molar-refractivity contribution in [3.63, 3.8) is 0 Å². The first-order chi connectivity index (χ1) is 12.7. The van der Waals surface area contributed by atoms with E-state index >= 15 is 0 Å². The predicted octanol–water partition coefficient (Wildman–Crippen LogP) is 3.11. The molecule has 1 N–H and O–H groups in total. The molecule has 26 heavy (non-hydrogen) atoms. The molecule has 1 amide bonds. The summed E-state index contributed by atoms with van der Waals surface area (Å²) in [4.78, 5) is 22.9. The number of amides is 1.